The number of carbonyl (C=O) groups is 2. The Bertz CT molecular complexity index is 475. The minimum atomic E-state index is -5.03. The van der Waals surface area contributed by atoms with Crippen molar-refractivity contribution in [2.24, 2.45) is 5.92 Å². The summed E-state index contributed by atoms with van der Waals surface area (Å²) in [6, 6.07) is 1.81. The lowest BCUT2D eigenvalue weighted by molar-refractivity contribution is -0.175. The van der Waals surface area contributed by atoms with Gasteiger partial charge < -0.3 is 10.6 Å². The molecule has 0 radical (unpaired) electrons. The van der Waals surface area contributed by atoms with Crippen LogP contribution in [0.25, 0.3) is 0 Å². The molecule has 0 aliphatic heterocycles. The molecular formula is C12H14F3N3O2. The Morgan fingerprint density at radius 1 is 1.30 bits per heavy atom. The van der Waals surface area contributed by atoms with Crippen LogP contribution in [0.1, 0.15) is 13.8 Å². The molecule has 0 aliphatic carbocycles. The molecule has 0 unspecified atom stereocenters. The molecule has 0 saturated heterocycles. The molecular weight excluding hydrogens is 275 g/mol. The first-order valence-electron chi connectivity index (χ1n) is 5.80. The van der Waals surface area contributed by atoms with E-state index in [1.165, 1.54) is 32.3 Å². The molecule has 8 heteroatoms. The molecule has 2 N–H and O–H groups in total. The van der Waals surface area contributed by atoms with E-state index < -0.39 is 30.0 Å². The number of amides is 2. The van der Waals surface area contributed by atoms with E-state index in [2.05, 4.69) is 10.3 Å². The zero-order chi connectivity index (χ0) is 15.3. The normalized spacial score (nSPS) is 12.9. The van der Waals surface area contributed by atoms with Crippen molar-refractivity contribution in [1.82, 2.24) is 10.3 Å². The van der Waals surface area contributed by atoms with E-state index in [0.29, 0.717) is 5.69 Å². The van der Waals surface area contributed by atoms with Crippen molar-refractivity contribution in [1.29, 1.82) is 0 Å². The van der Waals surface area contributed by atoms with E-state index in [0.717, 1.165) is 0 Å². The lowest BCUT2D eigenvalue weighted by Gasteiger charge is -2.22. The van der Waals surface area contributed by atoms with Crippen LogP contribution in [0.2, 0.25) is 0 Å². The molecule has 0 saturated carbocycles. The number of rotatable bonds is 4. The third kappa shape index (κ3) is 4.52. The molecule has 1 rings (SSSR count). The van der Waals surface area contributed by atoms with Crippen molar-refractivity contribution >= 4 is 17.5 Å². The van der Waals surface area contributed by atoms with E-state index in [9.17, 15) is 22.8 Å². The predicted octanol–water partition coefficient (Wildman–Crippen LogP) is 1.72. The van der Waals surface area contributed by atoms with Crippen LogP contribution in [0.4, 0.5) is 18.9 Å². The van der Waals surface area contributed by atoms with Gasteiger partial charge in [0.15, 0.2) is 0 Å². The fourth-order valence-electron chi connectivity index (χ4n) is 1.41. The van der Waals surface area contributed by atoms with Gasteiger partial charge in [-0.3, -0.25) is 14.6 Å². The summed E-state index contributed by atoms with van der Waals surface area (Å²) in [5.41, 5.74) is 0.337. The van der Waals surface area contributed by atoms with Gasteiger partial charge in [-0.2, -0.15) is 13.2 Å². The molecule has 1 atom stereocenters. The number of nitrogens with one attached hydrogen (secondary N) is 2. The summed E-state index contributed by atoms with van der Waals surface area (Å²) in [5.74, 6) is -3.37. The van der Waals surface area contributed by atoms with Crippen LogP contribution in [0.15, 0.2) is 24.5 Å². The minimum absolute atomic E-state index is 0.337. The van der Waals surface area contributed by atoms with Gasteiger partial charge in [0.25, 0.3) is 0 Å². The Kier molecular flexibility index (Phi) is 5.06. The third-order valence-corrected chi connectivity index (χ3v) is 2.42. The highest BCUT2D eigenvalue weighted by Crippen LogP contribution is 2.16. The Hall–Kier alpha value is -2.12. The second-order valence-corrected chi connectivity index (χ2v) is 4.42. The number of halogens is 3. The molecule has 1 aromatic rings. The van der Waals surface area contributed by atoms with E-state index in [-0.39, 0.29) is 0 Å². The molecule has 5 nitrogen and oxygen atoms in total. The summed E-state index contributed by atoms with van der Waals surface area (Å²) in [7, 11) is 0. The highest BCUT2D eigenvalue weighted by atomic mass is 19.4. The molecule has 20 heavy (non-hydrogen) atoms. The van der Waals surface area contributed by atoms with Gasteiger partial charge in [-0.15, -0.1) is 0 Å². The zero-order valence-corrected chi connectivity index (χ0v) is 10.9. The number of hydrogen-bond donors (Lipinski definition) is 2. The van der Waals surface area contributed by atoms with Gasteiger partial charge in [-0.1, -0.05) is 13.8 Å². The lowest BCUT2D eigenvalue weighted by Crippen LogP contribution is -2.51. The Balaban J connectivity index is 2.76. The molecule has 1 aromatic heterocycles. The second kappa shape index (κ2) is 6.36. The summed E-state index contributed by atoms with van der Waals surface area (Å²) in [6.07, 6.45) is -2.19. The minimum Gasteiger partial charge on any atom is -0.336 e. The van der Waals surface area contributed by atoms with Gasteiger partial charge >= 0.3 is 12.1 Å². The lowest BCUT2D eigenvalue weighted by atomic mass is 10.0. The first-order chi connectivity index (χ1) is 9.21. The van der Waals surface area contributed by atoms with Crippen LogP contribution in [0.5, 0.6) is 0 Å². The number of aromatic nitrogens is 1. The summed E-state index contributed by atoms with van der Waals surface area (Å²) in [6.45, 7) is 3.06. The fraction of sp³-hybridized carbons (Fsp3) is 0.417. The first kappa shape index (κ1) is 15.9. The van der Waals surface area contributed by atoms with Gasteiger partial charge in [0.05, 0.1) is 11.9 Å². The van der Waals surface area contributed by atoms with E-state index in [1.807, 2.05) is 0 Å². The Morgan fingerprint density at radius 3 is 2.40 bits per heavy atom. The van der Waals surface area contributed by atoms with Crippen LogP contribution in [0.3, 0.4) is 0 Å². The number of hydrogen-bond acceptors (Lipinski definition) is 3. The molecule has 0 fully saturated rings. The quantitative estimate of drug-likeness (QED) is 0.886. The average Bonchev–Trinajstić information content (AvgIpc) is 2.35. The van der Waals surface area contributed by atoms with Gasteiger partial charge in [0.1, 0.15) is 6.04 Å². The van der Waals surface area contributed by atoms with Crippen LogP contribution in [0, 0.1) is 5.92 Å². The van der Waals surface area contributed by atoms with Crippen molar-refractivity contribution < 1.29 is 22.8 Å². The molecule has 1 heterocycles. The topological polar surface area (TPSA) is 71.1 Å². The van der Waals surface area contributed by atoms with Crippen molar-refractivity contribution in [2.75, 3.05) is 5.32 Å². The van der Waals surface area contributed by atoms with Gasteiger partial charge in [-0.05, 0) is 18.1 Å². The first-order valence-corrected chi connectivity index (χ1v) is 5.80. The van der Waals surface area contributed by atoms with Crippen LogP contribution >= 0.6 is 0 Å². The summed E-state index contributed by atoms with van der Waals surface area (Å²) in [5, 5.41) is 4.08. The van der Waals surface area contributed by atoms with E-state index in [4.69, 9.17) is 0 Å². The molecule has 0 aromatic carbocycles. The summed E-state index contributed by atoms with van der Waals surface area (Å²) >= 11 is 0. The average molecular weight is 289 g/mol. The van der Waals surface area contributed by atoms with Gasteiger partial charge in [0, 0.05) is 6.20 Å². The molecule has 2 amide bonds. The number of nitrogens with zero attached hydrogens (tertiary/aromatic N) is 1. The Morgan fingerprint density at radius 2 is 1.95 bits per heavy atom. The third-order valence-electron chi connectivity index (χ3n) is 2.42. The molecule has 0 spiro atoms. The maximum atomic E-state index is 12.2. The predicted molar refractivity (Wildman–Crippen MR) is 65.7 cm³/mol. The van der Waals surface area contributed by atoms with E-state index in [1.54, 1.807) is 11.4 Å². The van der Waals surface area contributed by atoms with Gasteiger partial charge in [0.2, 0.25) is 5.91 Å². The number of carbonyl (C=O) groups excluding carboxylic acids is 2. The van der Waals surface area contributed by atoms with Crippen LogP contribution in [-0.4, -0.2) is 29.0 Å². The second-order valence-electron chi connectivity index (χ2n) is 4.42. The van der Waals surface area contributed by atoms with Gasteiger partial charge in [-0.25, -0.2) is 0 Å². The van der Waals surface area contributed by atoms with Crippen molar-refractivity contribution in [3.8, 4) is 0 Å². The van der Waals surface area contributed by atoms with Crippen molar-refractivity contribution in [2.45, 2.75) is 26.1 Å². The maximum Gasteiger partial charge on any atom is 0.471 e. The molecule has 0 bridgehead atoms. The monoisotopic (exact) mass is 289 g/mol. The van der Waals surface area contributed by atoms with Crippen molar-refractivity contribution in [3.63, 3.8) is 0 Å². The molecule has 0 aliphatic rings. The summed E-state index contributed by atoms with van der Waals surface area (Å²) in [4.78, 5) is 26.6. The smallest absolute Gasteiger partial charge is 0.336 e. The Labute approximate surface area is 113 Å². The number of alkyl halides is 3. The van der Waals surface area contributed by atoms with Crippen LogP contribution in [-0.2, 0) is 9.59 Å². The van der Waals surface area contributed by atoms with Crippen molar-refractivity contribution in [3.05, 3.63) is 24.5 Å². The molecule has 110 valence electrons. The van der Waals surface area contributed by atoms with E-state index >= 15 is 0 Å². The fourth-order valence-corrected chi connectivity index (χ4v) is 1.41. The standard InChI is InChI=1S/C12H14F3N3O2/c1-7(2)9(18-11(20)12(13,14)15)10(19)17-8-4-3-5-16-6-8/h3-7,9H,1-2H3,(H,17,19)(H,18,20)/t9-/m1/s1. The SMILES string of the molecule is CC(C)[C@@H](NC(=O)C(F)(F)F)C(=O)Nc1cccnc1. The highest BCUT2D eigenvalue weighted by Gasteiger charge is 2.41. The summed E-state index contributed by atoms with van der Waals surface area (Å²) < 4.78 is 36.6. The maximum absolute atomic E-state index is 12.2. The van der Waals surface area contributed by atoms with Crippen LogP contribution < -0.4 is 10.6 Å². The highest BCUT2D eigenvalue weighted by molar-refractivity contribution is 5.97. The zero-order valence-electron chi connectivity index (χ0n) is 10.9. The number of pyridine rings is 1. The number of anilines is 1. The largest absolute Gasteiger partial charge is 0.471 e.